The Labute approximate surface area is 108 Å². The smallest absolute Gasteiger partial charge is 0.0588 e. The van der Waals surface area contributed by atoms with Crippen molar-refractivity contribution in [2.75, 3.05) is 19.8 Å². The lowest BCUT2D eigenvalue weighted by molar-refractivity contribution is 0.101. The topological polar surface area (TPSA) is 21.3 Å². The third-order valence-corrected chi connectivity index (χ3v) is 4.13. The van der Waals surface area contributed by atoms with Crippen LogP contribution in [-0.2, 0) is 11.3 Å². The molecule has 1 unspecified atom stereocenters. The second kappa shape index (κ2) is 7.04. The van der Waals surface area contributed by atoms with Crippen molar-refractivity contribution in [2.45, 2.75) is 36.5 Å². The predicted molar refractivity (Wildman–Crippen MR) is 73.5 cm³/mol. The maximum atomic E-state index is 5.52. The molecule has 0 spiro atoms. The second-order valence-electron chi connectivity index (χ2n) is 4.38. The van der Waals surface area contributed by atoms with Crippen molar-refractivity contribution in [1.82, 2.24) is 5.32 Å². The van der Waals surface area contributed by atoms with E-state index in [1.807, 2.05) is 11.8 Å². The lowest BCUT2D eigenvalue weighted by Gasteiger charge is -2.21. The van der Waals surface area contributed by atoms with E-state index in [2.05, 4.69) is 36.5 Å². The average molecular weight is 251 g/mol. The van der Waals surface area contributed by atoms with E-state index in [0.717, 1.165) is 26.3 Å². The molecule has 1 N–H and O–H groups in total. The molecule has 1 aromatic rings. The first kappa shape index (κ1) is 12.9. The Morgan fingerprint density at radius 1 is 1.47 bits per heavy atom. The van der Waals surface area contributed by atoms with Crippen molar-refractivity contribution >= 4 is 11.8 Å². The predicted octanol–water partition coefficient (Wildman–Crippen LogP) is 3.07. The third-order valence-electron chi connectivity index (χ3n) is 2.90. The Bertz CT molecular complexity index is 337. The molecule has 0 aromatic heterocycles. The van der Waals surface area contributed by atoms with Gasteiger partial charge in [-0.2, -0.15) is 0 Å². The molecular weight excluding hydrogens is 230 g/mol. The summed E-state index contributed by atoms with van der Waals surface area (Å²) in [5, 5.41) is 4.00. The summed E-state index contributed by atoms with van der Waals surface area (Å²) < 4.78 is 5.52. The second-order valence-corrected chi connectivity index (χ2v) is 5.76. The zero-order valence-corrected chi connectivity index (χ0v) is 11.3. The minimum Gasteiger partial charge on any atom is -0.380 e. The van der Waals surface area contributed by atoms with Crippen LogP contribution in [0, 0.1) is 0 Å². The van der Waals surface area contributed by atoms with E-state index < -0.39 is 0 Å². The van der Waals surface area contributed by atoms with E-state index in [1.165, 1.54) is 23.3 Å². The van der Waals surface area contributed by atoms with E-state index in [1.54, 1.807) is 0 Å². The number of hydrogen-bond donors (Lipinski definition) is 1. The monoisotopic (exact) mass is 251 g/mol. The Morgan fingerprint density at radius 2 is 2.41 bits per heavy atom. The highest BCUT2D eigenvalue weighted by molar-refractivity contribution is 8.00. The van der Waals surface area contributed by atoms with Gasteiger partial charge in [0.15, 0.2) is 0 Å². The molecule has 1 heterocycles. The third kappa shape index (κ3) is 4.34. The highest BCUT2D eigenvalue weighted by Crippen LogP contribution is 2.29. The number of ether oxygens (including phenoxy) is 1. The first-order valence-corrected chi connectivity index (χ1v) is 7.30. The first-order valence-electron chi connectivity index (χ1n) is 6.42. The number of thioether (sulfide) groups is 1. The summed E-state index contributed by atoms with van der Waals surface area (Å²) in [6, 6.07) is 8.83. The van der Waals surface area contributed by atoms with Crippen molar-refractivity contribution in [3.05, 3.63) is 29.8 Å². The molecule has 1 aliphatic rings. The standard InChI is InChI=1S/C14H21NOS/c1-2-15-10-12-5-3-6-13(9-12)17-14-7-4-8-16-11-14/h3,5-6,9,14-15H,2,4,7-8,10-11H2,1H3. The van der Waals surface area contributed by atoms with Crippen molar-refractivity contribution in [3.8, 4) is 0 Å². The molecule has 1 atom stereocenters. The number of hydrogen-bond acceptors (Lipinski definition) is 3. The van der Waals surface area contributed by atoms with Crippen molar-refractivity contribution < 1.29 is 4.74 Å². The van der Waals surface area contributed by atoms with Crippen molar-refractivity contribution in [2.24, 2.45) is 0 Å². The Hall–Kier alpha value is -0.510. The molecule has 17 heavy (non-hydrogen) atoms. The Balaban J connectivity index is 1.90. The average Bonchev–Trinajstić information content (AvgIpc) is 2.38. The minimum absolute atomic E-state index is 0.637. The maximum absolute atomic E-state index is 5.52. The summed E-state index contributed by atoms with van der Waals surface area (Å²) in [6.07, 6.45) is 2.48. The summed E-state index contributed by atoms with van der Waals surface area (Å²) in [5.41, 5.74) is 1.37. The number of rotatable bonds is 5. The fourth-order valence-corrected chi connectivity index (χ4v) is 3.20. The maximum Gasteiger partial charge on any atom is 0.0588 e. The van der Waals surface area contributed by atoms with Gasteiger partial charge in [-0.25, -0.2) is 0 Å². The van der Waals surface area contributed by atoms with Crippen LogP contribution in [0.1, 0.15) is 25.3 Å². The lowest BCUT2D eigenvalue weighted by Crippen LogP contribution is -2.19. The summed E-state index contributed by atoms with van der Waals surface area (Å²) in [6.45, 7) is 5.97. The minimum atomic E-state index is 0.637. The fourth-order valence-electron chi connectivity index (χ4n) is 1.99. The number of nitrogens with one attached hydrogen (secondary N) is 1. The first-order chi connectivity index (χ1) is 8.38. The van der Waals surface area contributed by atoms with E-state index in [9.17, 15) is 0 Å². The van der Waals surface area contributed by atoms with Gasteiger partial charge in [-0.15, -0.1) is 11.8 Å². The highest BCUT2D eigenvalue weighted by Gasteiger charge is 2.14. The van der Waals surface area contributed by atoms with Gasteiger partial charge in [0, 0.05) is 23.3 Å². The van der Waals surface area contributed by atoms with Gasteiger partial charge in [-0.05, 0) is 37.1 Å². The fraction of sp³-hybridized carbons (Fsp3) is 0.571. The molecule has 0 aliphatic carbocycles. The molecule has 1 aromatic carbocycles. The van der Waals surface area contributed by atoms with E-state index in [4.69, 9.17) is 4.74 Å². The van der Waals surface area contributed by atoms with Gasteiger partial charge in [0.05, 0.1) is 6.61 Å². The molecule has 0 radical (unpaired) electrons. The zero-order chi connectivity index (χ0) is 11.9. The van der Waals surface area contributed by atoms with Gasteiger partial charge >= 0.3 is 0 Å². The van der Waals surface area contributed by atoms with Gasteiger partial charge in [-0.3, -0.25) is 0 Å². The van der Waals surface area contributed by atoms with Crippen LogP contribution < -0.4 is 5.32 Å². The van der Waals surface area contributed by atoms with Crippen LogP contribution in [-0.4, -0.2) is 25.0 Å². The number of benzene rings is 1. The molecule has 2 nitrogen and oxygen atoms in total. The Morgan fingerprint density at radius 3 is 3.18 bits per heavy atom. The SMILES string of the molecule is CCNCc1cccc(SC2CCCOC2)c1. The van der Waals surface area contributed by atoms with Crippen LogP contribution in [0.3, 0.4) is 0 Å². The van der Waals surface area contributed by atoms with Crippen molar-refractivity contribution in [3.63, 3.8) is 0 Å². The molecule has 0 saturated carbocycles. The molecule has 0 amide bonds. The van der Waals surface area contributed by atoms with Crippen molar-refractivity contribution in [1.29, 1.82) is 0 Å². The summed E-state index contributed by atoms with van der Waals surface area (Å²) in [4.78, 5) is 1.37. The van der Waals surface area contributed by atoms with E-state index in [0.29, 0.717) is 5.25 Å². The lowest BCUT2D eigenvalue weighted by atomic mass is 10.2. The van der Waals surface area contributed by atoms with Gasteiger partial charge < -0.3 is 10.1 Å². The molecule has 1 saturated heterocycles. The normalized spacial score (nSPS) is 20.4. The van der Waals surface area contributed by atoms with Gasteiger partial charge in [0.2, 0.25) is 0 Å². The van der Waals surface area contributed by atoms with Crippen LogP contribution in [0.4, 0.5) is 0 Å². The molecule has 1 aliphatic heterocycles. The van der Waals surface area contributed by atoms with Crippen LogP contribution in [0.25, 0.3) is 0 Å². The molecule has 0 bridgehead atoms. The summed E-state index contributed by atoms with van der Waals surface area (Å²) in [5.74, 6) is 0. The largest absolute Gasteiger partial charge is 0.380 e. The zero-order valence-electron chi connectivity index (χ0n) is 10.4. The molecule has 94 valence electrons. The Kier molecular flexibility index (Phi) is 5.36. The van der Waals surface area contributed by atoms with Crippen LogP contribution in [0.5, 0.6) is 0 Å². The van der Waals surface area contributed by atoms with E-state index >= 15 is 0 Å². The molecule has 2 rings (SSSR count). The quantitative estimate of drug-likeness (QED) is 0.869. The van der Waals surface area contributed by atoms with Gasteiger partial charge in [-0.1, -0.05) is 19.1 Å². The highest BCUT2D eigenvalue weighted by atomic mass is 32.2. The molecule has 3 heteroatoms. The molecular formula is C14H21NOS. The van der Waals surface area contributed by atoms with Gasteiger partial charge in [0.1, 0.15) is 0 Å². The van der Waals surface area contributed by atoms with Gasteiger partial charge in [0.25, 0.3) is 0 Å². The van der Waals surface area contributed by atoms with Crippen LogP contribution >= 0.6 is 11.8 Å². The molecule has 1 fully saturated rings. The summed E-state index contributed by atoms with van der Waals surface area (Å²) in [7, 11) is 0. The van der Waals surface area contributed by atoms with Crippen LogP contribution in [0.2, 0.25) is 0 Å². The van der Waals surface area contributed by atoms with E-state index in [-0.39, 0.29) is 0 Å². The summed E-state index contributed by atoms with van der Waals surface area (Å²) >= 11 is 1.96. The van der Waals surface area contributed by atoms with Crippen LogP contribution in [0.15, 0.2) is 29.2 Å².